The molecule has 1 aromatic carbocycles. The predicted molar refractivity (Wildman–Crippen MR) is 78.6 cm³/mol. The van der Waals surface area contributed by atoms with E-state index in [9.17, 15) is 0 Å². The third-order valence-electron chi connectivity index (χ3n) is 3.02. The zero-order valence-corrected chi connectivity index (χ0v) is 12.2. The minimum atomic E-state index is 0.598. The molecule has 0 aliphatic carbocycles. The average Bonchev–Trinajstić information content (AvgIpc) is 2.96. The fraction of sp³-hybridized carbons (Fsp3) is 0.429. The van der Waals surface area contributed by atoms with Crippen molar-refractivity contribution in [2.24, 2.45) is 0 Å². The molecule has 1 aliphatic heterocycles. The number of fused-ring (bicyclic) bond motifs is 1. The lowest BCUT2D eigenvalue weighted by Crippen LogP contribution is -2.15. The molecular formula is C14H17N3O2S. The maximum atomic E-state index is 5.59. The molecule has 0 spiro atoms. The molecule has 20 heavy (non-hydrogen) atoms. The molecule has 6 heteroatoms. The molecule has 3 rings (SSSR count). The highest BCUT2D eigenvalue weighted by Gasteiger charge is 2.14. The number of nitrogens with one attached hydrogen (secondary N) is 1. The predicted octanol–water partition coefficient (Wildman–Crippen LogP) is 2.13. The van der Waals surface area contributed by atoms with Gasteiger partial charge in [0.1, 0.15) is 23.2 Å². The van der Waals surface area contributed by atoms with Crippen molar-refractivity contribution in [3.8, 4) is 22.1 Å². The summed E-state index contributed by atoms with van der Waals surface area (Å²) in [5, 5.41) is 13.8. The Bertz CT molecular complexity index is 586. The number of hydrogen-bond acceptors (Lipinski definition) is 6. The Kier molecular flexibility index (Phi) is 4.13. The van der Waals surface area contributed by atoms with E-state index in [-0.39, 0.29) is 0 Å². The fourth-order valence-corrected chi connectivity index (χ4v) is 2.86. The molecule has 1 aliphatic rings. The number of rotatable bonds is 5. The Morgan fingerprint density at radius 3 is 2.90 bits per heavy atom. The van der Waals surface area contributed by atoms with Gasteiger partial charge in [-0.25, -0.2) is 0 Å². The Balaban J connectivity index is 1.75. The van der Waals surface area contributed by atoms with Gasteiger partial charge in [-0.2, -0.15) is 0 Å². The van der Waals surface area contributed by atoms with E-state index in [1.165, 1.54) is 0 Å². The van der Waals surface area contributed by atoms with E-state index in [2.05, 4.69) is 22.4 Å². The average molecular weight is 291 g/mol. The molecule has 0 saturated heterocycles. The third kappa shape index (κ3) is 2.91. The van der Waals surface area contributed by atoms with Crippen molar-refractivity contribution in [3.63, 3.8) is 0 Å². The van der Waals surface area contributed by atoms with Crippen LogP contribution in [0.5, 0.6) is 11.5 Å². The molecule has 0 radical (unpaired) electrons. The summed E-state index contributed by atoms with van der Waals surface area (Å²) < 4.78 is 11.1. The first kappa shape index (κ1) is 13.3. The first-order valence-corrected chi connectivity index (χ1v) is 7.61. The van der Waals surface area contributed by atoms with Gasteiger partial charge in [0.05, 0.1) is 0 Å². The first-order valence-electron chi connectivity index (χ1n) is 6.80. The minimum Gasteiger partial charge on any atom is -0.486 e. The van der Waals surface area contributed by atoms with E-state index >= 15 is 0 Å². The molecule has 106 valence electrons. The summed E-state index contributed by atoms with van der Waals surface area (Å²) in [7, 11) is 0. The quantitative estimate of drug-likeness (QED) is 0.855. The van der Waals surface area contributed by atoms with Crippen LogP contribution in [0.2, 0.25) is 0 Å². The molecule has 0 unspecified atom stereocenters. The number of benzene rings is 1. The molecular weight excluding hydrogens is 274 g/mol. The van der Waals surface area contributed by atoms with Crippen molar-refractivity contribution < 1.29 is 9.47 Å². The van der Waals surface area contributed by atoms with Gasteiger partial charge >= 0.3 is 0 Å². The summed E-state index contributed by atoms with van der Waals surface area (Å²) in [6.07, 6.45) is 0.913. The molecule has 1 aromatic heterocycles. The minimum absolute atomic E-state index is 0.598. The van der Waals surface area contributed by atoms with Gasteiger partial charge in [-0.1, -0.05) is 18.3 Å². The van der Waals surface area contributed by atoms with Gasteiger partial charge in [0.25, 0.3) is 0 Å². The Morgan fingerprint density at radius 2 is 2.05 bits per heavy atom. The van der Waals surface area contributed by atoms with Gasteiger partial charge < -0.3 is 14.8 Å². The van der Waals surface area contributed by atoms with Crippen LogP contribution < -0.4 is 14.8 Å². The molecule has 0 amide bonds. The summed E-state index contributed by atoms with van der Waals surface area (Å²) in [5.74, 6) is 1.59. The molecule has 1 N–H and O–H groups in total. The van der Waals surface area contributed by atoms with Crippen LogP contribution in [-0.2, 0) is 6.42 Å². The number of nitrogens with zero attached hydrogens (tertiary/aromatic N) is 2. The van der Waals surface area contributed by atoms with Crippen molar-refractivity contribution in [1.82, 2.24) is 15.5 Å². The second kappa shape index (κ2) is 6.19. The van der Waals surface area contributed by atoms with Crippen molar-refractivity contribution in [2.75, 3.05) is 26.3 Å². The topological polar surface area (TPSA) is 56.3 Å². The molecule has 0 atom stereocenters. The molecule has 0 saturated carbocycles. The van der Waals surface area contributed by atoms with Crippen LogP contribution in [0.4, 0.5) is 0 Å². The second-order valence-electron chi connectivity index (χ2n) is 4.46. The van der Waals surface area contributed by atoms with E-state index in [0.29, 0.717) is 13.2 Å². The van der Waals surface area contributed by atoms with Crippen LogP contribution in [0.15, 0.2) is 18.2 Å². The van der Waals surface area contributed by atoms with Gasteiger partial charge in [0.15, 0.2) is 11.5 Å². The number of hydrogen-bond donors (Lipinski definition) is 1. The second-order valence-corrected chi connectivity index (χ2v) is 5.53. The van der Waals surface area contributed by atoms with Crippen LogP contribution in [0.3, 0.4) is 0 Å². The maximum Gasteiger partial charge on any atom is 0.162 e. The summed E-state index contributed by atoms with van der Waals surface area (Å²) in [5.41, 5.74) is 1.03. The zero-order valence-electron chi connectivity index (χ0n) is 11.4. The molecule has 2 aromatic rings. The lowest BCUT2D eigenvalue weighted by atomic mass is 10.2. The molecule has 2 heterocycles. The van der Waals surface area contributed by atoms with E-state index in [0.717, 1.165) is 46.6 Å². The smallest absolute Gasteiger partial charge is 0.162 e. The monoisotopic (exact) mass is 291 g/mol. The number of likely N-dealkylation sites (N-methyl/N-ethyl adjacent to an activating group) is 1. The summed E-state index contributed by atoms with van der Waals surface area (Å²) in [4.78, 5) is 0. The highest BCUT2D eigenvalue weighted by molar-refractivity contribution is 7.14. The van der Waals surface area contributed by atoms with Crippen LogP contribution in [0.1, 0.15) is 11.9 Å². The zero-order chi connectivity index (χ0) is 13.8. The third-order valence-corrected chi connectivity index (χ3v) is 4.05. The SMILES string of the molecule is CCNCCc1nnc(-c2ccc3c(c2)OCCO3)s1. The highest BCUT2D eigenvalue weighted by Crippen LogP contribution is 2.35. The van der Waals surface area contributed by atoms with Crippen LogP contribution >= 0.6 is 11.3 Å². The number of aromatic nitrogens is 2. The van der Waals surface area contributed by atoms with Gasteiger partial charge in [-0.3, -0.25) is 0 Å². The summed E-state index contributed by atoms with van der Waals surface area (Å²) in [6, 6.07) is 5.91. The molecule has 0 bridgehead atoms. The summed E-state index contributed by atoms with van der Waals surface area (Å²) in [6.45, 7) is 5.22. The van der Waals surface area contributed by atoms with Gasteiger partial charge in [-0.15, -0.1) is 10.2 Å². The van der Waals surface area contributed by atoms with Gasteiger partial charge in [0.2, 0.25) is 0 Å². The van der Waals surface area contributed by atoms with Gasteiger partial charge in [-0.05, 0) is 24.7 Å². The van der Waals surface area contributed by atoms with E-state index < -0.39 is 0 Å². The Morgan fingerprint density at radius 1 is 1.20 bits per heavy atom. The van der Waals surface area contributed by atoms with Crippen LogP contribution in [0, 0.1) is 0 Å². The van der Waals surface area contributed by atoms with E-state index in [1.807, 2.05) is 18.2 Å². The first-order chi connectivity index (χ1) is 9.86. The number of ether oxygens (including phenoxy) is 2. The largest absolute Gasteiger partial charge is 0.486 e. The Hall–Kier alpha value is -1.66. The van der Waals surface area contributed by atoms with E-state index in [4.69, 9.17) is 9.47 Å². The van der Waals surface area contributed by atoms with Crippen LogP contribution in [0.25, 0.3) is 10.6 Å². The van der Waals surface area contributed by atoms with Crippen molar-refractivity contribution in [3.05, 3.63) is 23.2 Å². The van der Waals surface area contributed by atoms with Crippen molar-refractivity contribution in [2.45, 2.75) is 13.3 Å². The molecule has 0 fully saturated rings. The van der Waals surface area contributed by atoms with Crippen molar-refractivity contribution in [1.29, 1.82) is 0 Å². The lowest BCUT2D eigenvalue weighted by molar-refractivity contribution is 0.171. The lowest BCUT2D eigenvalue weighted by Gasteiger charge is -2.18. The molecule has 5 nitrogen and oxygen atoms in total. The van der Waals surface area contributed by atoms with Crippen molar-refractivity contribution >= 4 is 11.3 Å². The van der Waals surface area contributed by atoms with Gasteiger partial charge in [0, 0.05) is 18.5 Å². The standard InChI is InChI=1S/C14H17N3O2S/c1-2-15-6-5-13-16-17-14(20-13)10-3-4-11-12(9-10)19-8-7-18-11/h3-4,9,15H,2,5-8H2,1H3. The maximum absolute atomic E-state index is 5.59. The van der Waals surface area contributed by atoms with Crippen LogP contribution in [-0.4, -0.2) is 36.5 Å². The Labute approximate surface area is 121 Å². The fourth-order valence-electron chi connectivity index (χ4n) is 2.02. The summed E-state index contributed by atoms with van der Waals surface area (Å²) >= 11 is 1.63. The van der Waals surface area contributed by atoms with E-state index in [1.54, 1.807) is 11.3 Å². The normalized spacial score (nSPS) is 13.4. The highest BCUT2D eigenvalue weighted by atomic mass is 32.1.